The van der Waals surface area contributed by atoms with Crippen molar-refractivity contribution in [2.24, 2.45) is 0 Å². The van der Waals surface area contributed by atoms with Crippen molar-refractivity contribution in [3.05, 3.63) is 140 Å². The van der Waals surface area contributed by atoms with Gasteiger partial charge < -0.3 is 0 Å². The monoisotopic (exact) mass is 553 g/mol. The second kappa shape index (κ2) is 9.10. The summed E-state index contributed by atoms with van der Waals surface area (Å²) in [7, 11) is 0. The Kier molecular flexibility index (Phi) is 5.07. The minimum absolute atomic E-state index is 0.895. The van der Waals surface area contributed by atoms with Crippen LogP contribution in [0.3, 0.4) is 0 Å². The summed E-state index contributed by atoms with van der Waals surface area (Å²) in [6.45, 7) is 0. The van der Waals surface area contributed by atoms with Crippen LogP contribution in [0.25, 0.3) is 81.0 Å². The number of hydrogen-bond acceptors (Lipinski definition) is 3. The van der Waals surface area contributed by atoms with Crippen molar-refractivity contribution >= 4 is 58.6 Å². The predicted octanol–water partition coefficient (Wildman–Crippen LogP) is 10.4. The Balaban J connectivity index is 1.44. The summed E-state index contributed by atoms with van der Waals surface area (Å²) < 4.78 is 4.71. The zero-order valence-corrected chi connectivity index (χ0v) is 23.3. The highest BCUT2D eigenvalue weighted by Crippen LogP contribution is 2.43. The van der Waals surface area contributed by atoms with E-state index in [1.807, 2.05) is 29.7 Å². The van der Waals surface area contributed by atoms with Crippen LogP contribution in [-0.4, -0.2) is 14.6 Å². The molecule has 0 saturated carbocycles. The Hall–Kier alpha value is -5.32. The van der Waals surface area contributed by atoms with Gasteiger partial charge in [-0.15, -0.1) is 11.3 Å². The van der Waals surface area contributed by atoms with E-state index in [-0.39, 0.29) is 0 Å². The van der Waals surface area contributed by atoms with Crippen LogP contribution in [0.5, 0.6) is 0 Å². The lowest BCUT2D eigenvalue weighted by atomic mass is 9.95. The van der Waals surface area contributed by atoms with E-state index in [0.717, 1.165) is 39.3 Å². The van der Waals surface area contributed by atoms with Crippen LogP contribution in [0.2, 0.25) is 0 Å². The van der Waals surface area contributed by atoms with Crippen LogP contribution < -0.4 is 0 Å². The van der Waals surface area contributed by atoms with Crippen LogP contribution in [-0.2, 0) is 0 Å². The highest BCUT2D eigenvalue weighted by atomic mass is 32.1. The lowest BCUT2D eigenvalue weighted by Gasteiger charge is -2.10. The molecule has 5 aromatic carbocycles. The lowest BCUT2D eigenvalue weighted by molar-refractivity contribution is 0.972. The molecule has 0 aliphatic rings. The van der Waals surface area contributed by atoms with Crippen LogP contribution in [0.4, 0.5) is 0 Å². The molecule has 0 N–H and O–H groups in total. The van der Waals surface area contributed by atoms with Gasteiger partial charge in [0, 0.05) is 42.9 Å². The average Bonchev–Trinajstić information content (AvgIpc) is 3.64. The molecule has 0 bridgehead atoms. The maximum Gasteiger partial charge on any atom is 0.101 e. The van der Waals surface area contributed by atoms with E-state index in [1.54, 1.807) is 0 Å². The van der Waals surface area contributed by atoms with Crippen molar-refractivity contribution in [3.8, 4) is 33.8 Å². The Bertz CT molecular complexity index is 2470. The first-order valence-electron chi connectivity index (χ1n) is 14.1. The van der Waals surface area contributed by atoms with Gasteiger partial charge in [0.2, 0.25) is 0 Å². The smallest absolute Gasteiger partial charge is 0.101 e. The molecule has 0 amide bonds. The van der Waals surface area contributed by atoms with Gasteiger partial charge in [-0.05, 0) is 64.2 Å². The molecule has 0 atom stereocenters. The molecule has 3 nitrogen and oxygen atoms in total. The summed E-state index contributed by atoms with van der Waals surface area (Å²) in [6, 6.07) is 47.6. The van der Waals surface area contributed by atoms with Gasteiger partial charge in [-0.25, -0.2) is 4.52 Å². The zero-order chi connectivity index (χ0) is 27.6. The minimum Gasteiger partial charge on any atom is -0.255 e. The first-order chi connectivity index (χ1) is 20.8. The van der Waals surface area contributed by atoms with E-state index in [2.05, 4.69) is 126 Å². The standard InChI is InChI=1S/C38H23N3S/c1-2-10-25-21-28(17-16-24(25)9-1)37-36(27-18-19-35-31(22-27)30-13-5-6-15-34(30)42-35)38-29-12-4-3-11-26(29)23-33(41(38)40-37)32-14-7-8-20-39-32/h1-23H. The highest BCUT2D eigenvalue weighted by molar-refractivity contribution is 7.25. The van der Waals surface area contributed by atoms with Gasteiger partial charge in [-0.1, -0.05) is 91.0 Å². The van der Waals surface area contributed by atoms with E-state index >= 15 is 0 Å². The first-order valence-corrected chi connectivity index (χ1v) is 14.9. The summed E-state index contributed by atoms with van der Waals surface area (Å²) in [4.78, 5) is 4.74. The maximum atomic E-state index is 5.40. The van der Waals surface area contributed by atoms with Crippen molar-refractivity contribution in [2.45, 2.75) is 0 Å². The Labute approximate surface area is 245 Å². The van der Waals surface area contributed by atoms with E-state index in [9.17, 15) is 0 Å². The Morgan fingerprint density at radius 1 is 0.524 bits per heavy atom. The molecule has 0 unspecified atom stereocenters. The average molecular weight is 554 g/mol. The van der Waals surface area contributed by atoms with Crippen molar-refractivity contribution in [3.63, 3.8) is 0 Å². The molecule has 4 heteroatoms. The van der Waals surface area contributed by atoms with Gasteiger partial charge >= 0.3 is 0 Å². The molecule has 0 aliphatic heterocycles. The fourth-order valence-electron chi connectivity index (χ4n) is 6.28. The number of hydrogen-bond donors (Lipinski definition) is 0. The number of benzene rings is 5. The number of rotatable bonds is 3. The largest absolute Gasteiger partial charge is 0.255 e. The van der Waals surface area contributed by atoms with Gasteiger partial charge in [0.25, 0.3) is 0 Å². The van der Waals surface area contributed by atoms with Gasteiger partial charge in [0.1, 0.15) is 5.69 Å². The topological polar surface area (TPSA) is 30.2 Å². The summed E-state index contributed by atoms with van der Waals surface area (Å²) in [5, 5.41) is 12.7. The van der Waals surface area contributed by atoms with Crippen LogP contribution >= 0.6 is 11.3 Å². The van der Waals surface area contributed by atoms with Crippen LogP contribution in [0.1, 0.15) is 0 Å². The van der Waals surface area contributed by atoms with E-state index in [1.165, 1.54) is 41.7 Å². The summed E-state index contributed by atoms with van der Waals surface area (Å²) in [6.07, 6.45) is 1.85. The van der Waals surface area contributed by atoms with E-state index < -0.39 is 0 Å². The number of pyridine rings is 2. The molecule has 4 heterocycles. The lowest BCUT2D eigenvalue weighted by Crippen LogP contribution is -1.97. The molecule has 9 rings (SSSR count). The molecule has 0 fully saturated rings. The number of nitrogens with zero attached hydrogens (tertiary/aromatic N) is 3. The Morgan fingerprint density at radius 3 is 2.14 bits per heavy atom. The molecule has 0 spiro atoms. The Morgan fingerprint density at radius 2 is 1.26 bits per heavy atom. The van der Waals surface area contributed by atoms with Crippen LogP contribution in [0.15, 0.2) is 140 Å². The molecule has 4 aromatic heterocycles. The number of aromatic nitrogens is 3. The van der Waals surface area contributed by atoms with E-state index in [0.29, 0.717) is 0 Å². The second-order valence-corrected chi connectivity index (χ2v) is 11.8. The molecular formula is C38H23N3S. The normalized spacial score (nSPS) is 11.8. The fraction of sp³-hybridized carbons (Fsp3) is 0. The molecule has 9 aromatic rings. The molecule has 0 aliphatic carbocycles. The SMILES string of the molecule is c1ccc(-c2cc3ccccc3c3c(-c4ccc5sc6ccccc6c5c4)c(-c4ccc5ccccc5c4)nn23)nc1. The van der Waals surface area contributed by atoms with E-state index in [4.69, 9.17) is 10.1 Å². The van der Waals surface area contributed by atoms with Crippen molar-refractivity contribution < 1.29 is 0 Å². The van der Waals surface area contributed by atoms with Crippen molar-refractivity contribution in [2.75, 3.05) is 0 Å². The summed E-state index contributed by atoms with van der Waals surface area (Å²) in [5.74, 6) is 0. The third kappa shape index (κ3) is 3.52. The van der Waals surface area contributed by atoms with Crippen molar-refractivity contribution in [1.29, 1.82) is 0 Å². The maximum absolute atomic E-state index is 5.40. The third-order valence-corrected chi connectivity index (χ3v) is 9.39. The van der Waals surface area contributed by atoms with Crippen LogP contribution in [0, 0.1) is 0 Å². The zero-order valence-electron chi connectivity index (χ0n) is 22.5. The molecule has 42 heavy (non-hydrogen) atoms. The minimum atomic E-state index is 0.895. The number of fused-ring (bicyclic) bond motifs is 7. The molecule has 0 saturated heterocycles. The van der Waals surface area contributed by atoms with Crippen molar-refractivity contribution in [1.82, 2.24) is 14.6 Å². The van der Waals surface area contributed by atoms with Gasteiger partial charge in [-0.3, -0.25) is 4.98 Å². The van der Waals surface area contributed by atoms with Gasteiger partial charge in [0.05, 0.1) is 16.9 Å². The third-order valence-electron chi connectivity index (χ3n) is 8.24. The quantitative estimate of drug-likeness (QED) is 0.218. The fourth-order valence-corrected chi connectivity index (χ4v) is 7.36. The summed E-state index contributed by atoms with van der Waals surface area (Å²) >= 11 is 1.85. The predicted molar refractivity (Wildman–Crippen MR) is 177 cm³/mol. The second-order valence-electron chi connectivity index (χ2n) is 10.7. The highest BCUT2D eigenvalue weighted by Gasteiger charge is 2.22. The van der Waals surface area contributed by atoms with Gasteiger partial charge in [0.15, 0.2) is 0 Å². The number of thiophene rings is 1. The summed E-state index contributed by atoms with van der Waals surface area (Å²) in [5.41, 5.74) is 7.32. The molecule has 196 valence electrons. The first kappa shape index (κ1) is 23.4. The van der Waals surface area contributed by atoms with Gasteiger partial charge in [-0.2, -0.15) is 5.10 Å². The molecule has 0 radical (unpaired) electrons. The molecular weight excluding hydrogens is 531 g/mol.